The van der Waals surface area contributed by atoms with Gasteiger partial charge in [-0.15, -0.1) is 0 Å². The van der Waals surface area contributed by atoms with Gasteiger partial charge in [0.25, 0.3) is 0 Å². The number of hydrogen-bond donors (Lipinski definition) is 1. The zero-order chi connectivity index (χ0) is 17.4. The minimum Gasteiger partial charge on any atom is -0.385 e. The van der Waals surface area contributed by atoms with Gasteiger partial charge in [0.15, 0.2) is 17.7 Å². The first-order valence-corrected chi connectivity index (χ1v) is 9.24. The third kappa shape index (κ3) is 1.04. The zero-order valence-corrected chi connectivity index (χ0v) is 14.9. The van der Waals surface area contributed by atoms with Gasteiger partial charge in [-0.2, -0.15) is 0 Å². The van der Waals surface area contributed by atoms with Crippen molar-refractivity contribution in [3.63, 3.8) is 0 Å². The molecule has 0 aromatic rings. The third-order valence-electron chi connectivity index (χ3n) is 9.23. The number of aliphatic hydroxyl groups excluding tert-OH is 1. The summed E-state index contributed by atoms with van der Waals surface area (Å²) in [6.45, 7) is 12.5. The summed E-state index contributed by atoms with van der Waals surface area (Å²) in [5, 5.41) is 11.1. The maximum absolute atomic E-state index is 13.4. The van der Waals surface area contributed by atoms with Gasteiger partial charge in [0.2, 0.25) is 0 Å². The van der Waals surface area contributed by atoms with Crippen molar-refractivity contribution in [2.24, 2.45) is 34.0 Å². The van der Waals surface area contributed by atoms with Gasteiger partial charge in [0.1, 0.15) is 11.7 Å². The van der Waals surface area contributed by atoms with E-state index in [1.807, 2.05) is 6.92 Å². The van der Waals surface area contributed by atoms with Gasteiger partial charge in [-0.3, -0.25) is 9.59 Å². The number of rotatable bonds is 1. The summed E-state index contributed by atoms with van der Waals surface area (Å²) in [4.78, 5) is 25.8. The fourth-order valence-corrected chi connectivity index (χ4v) is 8.10. The molecule has 0 radical (unpaired) electrons. The highest BCUT2D eigenvalue weighted by Gasteiger charge is 2.94. The molecule has 1 N–H and O–H groups in total. The molecular weight excluding hydrogens is 304 g/mol. The van der Waals surface area contributed by atoms with Gasteiger partial charge in [-0.05, 0) is 49.0 Å². The Balaban J connectivity index is 1.76. The maximum Gasteiger partial charge on any atom is 0.190 e. The van der Waals surface area contributed by atoms with Crippen molar-refractivity contribution < 1.29 is 19.4 Å². The molecule has 24 heavy (non-hydrogen) atoms. The first kappa shape index (κ1) is 15.3. The third-order valence-corrected chi connectivity index (χ3v) is 9.23. The lowest BCUT2D eigenvalue weighted by atomic mass is 9.55. The number of carbonyl (C=O) groups is 2. The molecule has 1 unspecified atom stereocenters. The highest BCUT2D eigenvalue weighted by Crippen LogP contribution is 2.86. The van der Waals surface area contributed by atoms with E-state index >= 15 is 0 Å². The first-order chi connectivity index (χ1) is 11.1. The van der Waals surface area contributed by atoms with Gasteiger partial charge in [0, 0.05) is 11.3 Å². The normalized spacial score (nSPS) is 60.5. The summed E-state index contributed by atoms with van der Waals surface area (Å²) in [6, 6.07) is 0. The second kappa shape index (κ2) is 3.73. The lowest BCUT2D eigenvalue weighted by molar-refractivity contribution is -0.138. The summed E-state index contributed by atoms with van der Waals surface area (Å²) >= 11 is 0. The summed E-state index contributed by atoms with van der Waals surface area (Å²) in [6.07, 6.45) is 1.26. The Bertz CT molecular complexity index is 725. The van der Waals surface area contributed by atoms with Crippen molar-refractivity contribution in [3.8, 4) is 0 Å². The SMILES string of the molecule is C=C1C(=O)[C@H]2O[C@@]23[C@@H]1CC12CC[C@H](C(C)C)[C@@]1(C)[C@@H](O)C(=O)[C@@]23C. The monoisotopic (exact) mass is 330 g/mol. The van der Waals surface area contributed by atoms with Gasteiger partial charge in [-0.1, -0.05) is 27.4 Å². The Morgan fingerprint density at radius 1 is 1.29 bits per heavy atom. The number of ketones is 2. The van der Waals surface area contributed by atoms with Crippen LogP contribution in [0.3, 0.4) is 0 Å². The van der Waals surface area contributed by atoms with E-state index in [9.17, 15) is 14.7 Å². The van der Waals surface area contributed by atoms with Gasteiger partial charge in [-0.25, -0.2) is 0 Å². The van der Waals surface area contributed by atoms with Gasteiger partial charge < -0.3 is 9.84 Å². The number of epoxide rings is 1. The van der Waals surface area contributed by atoms with Gasteiger partial charge in [0.05, 0.1) is 5.41 Å². The van der Waals surface area contributed by atoms with E-state index in [0.29, 0.717) is 17.4 Å². The van der Waals surface area contributed by atoms with Crippen LogP contribution in [0, 0.1) is 34.0 Å². The van der Waals surface area contributed by atoms with Crippen molar-refractivity contribution in [2.45, 2.75) is 64.8 Å². The molecule has 0 amide bonds. The summed E-state index contributed by atoms with van der Waals surface area (Å²) in [5.74, 6) is 0.558. The predicted octanol–water partition coefficient (Wildman–Crippen LogP) is 2.29. The molecule has 4 aliphatic carbocycles. The van der Waals surface area contributed by atoms with Crippen LogP contribution in [-0.4, -0.2) is 34.5 Å². The lowest BCUT2D eigenvalue weighted by Gasteiger charge is -2.46. The van der Waals surface area contributed by atoms with Crippen molar-refractivity contribution in [2.75, 3.05) is 0 Å². The van der Waals surface area contributed by atoms with Crippen molar-refractivity contribution >= 4 is 11.6 Å². The number of carbonyl (C=O) groups excluding carboxylic acids is 2. The van der Waals surface area contributed by atoms with Crippen LogP contribution in [0.15, 0.2) is 12.2 Å². The maximum atomic E-state index is 13.4. The number of aliphatic hydroxyl groups is 1. The molecular formula is C20H26O4. The van der Waals surface area contributed by atoms with Crippen LogP contribution in [0.4, 0.5) is 0 Å². The molecule has 5 fully saturated rings. The minimum absolute atomic E-state index is 0.0228. The molecule has 4 saturated carbocycles. The van der Waals surface area contributed by atoms with Crippen LogP contribution in [-0.2, 0) is 14.3 Å². The summed E-state index contributed by atoms with van der Waals surface area (Å²) < 4.78 is 5.98. The summed E-state index contributed by atoms with van der Waals surface area (Å²) in [7, 11) is 0. The van der Waals surface area contributed by atoms with Gasteiger partial charge >= 0.3 is 0 Å². The van der Waals surface area contributed by atoms with E-state index in [-0.39, 0.29) is 22.9 Å². The van der Waals surface area contributed by atoms with E-state index in [1.54, 1.807) is 0 Å². The minimum atomic E-state index is -0.957. The fraction of sp³-hybridized carbons (Fsp3) is 0.800. The molecule has 0 bridgehead atoms. The molecule has 1 aliphatic heterocycles. The predicted molar refractivity (Wildman–Crippen MR) is 87.1 cm³/mol. The number of hydrogen-bond acceptors (Lipinski definition) is 4. The molecule has 130 valence electrons. The van der Waals surface area contributed by atoms with Crippen LogP contribution < -0.4 is 0 Å². The largest absolute Gasteiger partial charge is 0.385 e. The lowest BCUT2D eigenvalue weighted by Crippen LogP contribution is -2.48. The highest BCUT2D eigenvalue weighted by molar-refractivity contribution is 6.09. The highest BCUT2D eigenvalue weighted by atomic mass is 16.6. The number of Topliss-reactive ketones (excluding diaryl/α,β-unsaturated/α-hetero) is 2. The number of ether oxygens (including phenoxy) is 1. The van der Waals surface area contributed by atoms with E-state index < -0.39 is 28.6 Å². The van der Waals surface area contributed by atoms with Crippen molar-refractivity contribution in [3.05, 3.63) is 12.2 Å². The Labute approximate surface area is 142 Å². The Kier molecular flexibility index (Phi) is 2.37. The topological polar surface area (TPSA) is 66.9 Å². The van der Waals surface area contributed by atoms with Crippen LogP contribution in [0.5, 0.6) is 0 Å². The molecule has 4 heteroatoms. The average molecular weight is 330 g/mol. The van der Waals surface area contributed by atoms with Crippen molar-refractivity contribution in [1.82, 2.24) is 0 Å². The Morgan fingerprint density at radius 3 is 2.58 bits per heavy atom. The molecule has 0 aromatic carbocycles. The van der Waals surface area contributed by atoms with E-state index in [1.165, 1.54) is 0 Å². The van der Waals surface area contributed by atoms with Crippen LogP contribution in [0.1, 0.15) is 47.0 Å². The molecule has 2 spiro atoms. The molecule has 1 heterocycles. The Morgan fingerprint density at radius 2 is 1.96 bits per heavy atom. The molecule has 5 aliphatic rings. The Hall–Kier alpha value is -1.00. The van der Waals surface area contributed by atoms with Crippen LogP contribution >= 0.6 is 0 Å². The molecule has 8 atom stereocenters. The molecule has 0 aromatic heterocycles. The molecule has 5 rings (SSSR count). The summed E-state index contributed by atoms with van der Waals surface area (Å²) in [5.41, 5.74) is -1.57. The second-order valence-corrected chi connectivity index (χ2v) is 9.58. The quantitative estimate of drug-likeness (QED) is 0.592. The smallest absolute Gasteiger partial charge is 0.190 e. The zero-order valence-electron chi connectivity index (χ0n) is 14.9. The second-order valence-electron chi connectivity index (χ2n) is 9.58. The van der Waals surface area contributed by atoms with E-state index in [0.717, 1.165) is 19.3 Å². The fourth-order valence-electron chi connectivity index (χ4n) is 8.10. The van der Waals surface area contributed by atoms with Crippen LogP contribution in [0.25, 0.3) is 0 Å². The standard InChI is InChI=1S/C20H26O4/c1-9(2)11-6-7-19-8-12-10(3)13(21)16-20(12,24-16)18(19,5)15(23)14(22)17(11,19)4/h9,11-12,14,16,22H,3,6-8H2,1-2,4-5H3/t11-,12-,14+,16-,17+,18+,19?,20+/m1/s1. The average Bonchev–Trinajstić information content (AvgIpc) is 3.05. The van der Waals surface area contributed by atoms with E-state index in [4.69, 9.17) is 4.74 Å². The van der Waals surface area contributed by atoms with E-state index in [2.05, 4.69) is 27.4 Å². The van der Waals surface area contributed by atoms with Crippen LogP contribution in [0.2, 0.25) is 0 Å². The molecule has 4 nitrogen and oxygen atoms in total. The first-order valence-electron chi connectivity index (χ1n) is 9.24. The van der Waals surface area contributed by atoms with Crippen molar-refractivity contribution in [1.29, 1.82) is 0 Å². The molecule has 1 saturated heterocycles.